The first-order chi connectivity index (χ1) is 44.0. The first-order valence-electron chi connectivity index (χ1n) is 30.3. The second-order valence-corrected chi connectivity index (χ2v) is 27.8. The second-order valence-electron chi connectivity index (χ2n) is 23.4. The lowest BCUT2D eigenvalue weighted by molar-refractivity contribution is -0.386. The fourth-order valence-electron chi connectivity index (χ4n) is 13.3. The van der Waals surface area contributed by atoms with Crippen molar-refractivity contribution in [1.29, 1.82) is 0 Å². The number of amides is 2. The lowest BCUT2D eigenvalue weighted by Crippen LogP contribution is -2.45. The number of nitrogen functional groups attached to an aromatic ring is 1. The van der Waals surface area contributed by atoms with E-state index in [1.165, 1.54) is 62.4 Å². The first-order valence-corrected chi connectivity index (χ1v) is 34.8. The maximum Gasteiger partial charge on any atom is 0.490 e. The monoisotopic (exact) mass is 1320 g/mol. The summed E-state index contributed by atoms with van der Waals surface area (Å²) >= 11 is 0. The van der Waals surface area contributed by atoms with Crippen LogP contribution in [0.2, 0.25) is 0 Å². The Morgan fingerprint density at radius 1 is 0.913 bits per heavy atom. The van der Waals surface area contributed by atoms with Crippen LogP contribution < -0.4 is 45.9 Å². The molecule has 2 unspecified atom stereocenters. The average molecular weight is 1320 g/mol. The number of rotatable bonds is 22. The number of nitro groups is 1. The van der Waals surface area contributed by atoms with Crippen LogP contribution in [0.15, 0.2) is 60.9 Å². The summed E-state index contributed by atoms with van der Waals surface area (Å²) in [6, 6.07) is 15.5. The largest absolute Gasteiger partial charge is 0.490 e. The van der Waals surface area contributed by atoms with Gasteiger partial charge in [-0.05, 0) is 106 Å². The van der Waals surface area contributed by atoms with Crippen LogP contribution in [-0.2, 0) is 62.1 Å². The molecule has 6 aromatic rings. The number of nitrogens with zero attached hydrogens (tertiary/aromatic N) is 6. The number of fused-ring (bicyclic) bond motifs is 5. The number of pyridine rings is 1. The van der Waals surface area contributed by atoms with Crippen molar-refractivity contribution in [3.05, 3.63) is 137 Å². The van der Waals surface area contributed by atoms with Crippen molar-refractivity contribution in [1.82, 2.24) is 29.7 Å². The van der Waals surface area contributed by atoms with Crippen molar-refractivity contribution in [2.75, 3.05) is 56.5 Å². The van der Waals surface area contributed by atoms with Crippen molar-refractivity contribution in [3.8, 4) is 29.1 Å². The topological polar surface area (TPSA) is 389 Å². The quantitative estimate of drug-likeness (QED) is 0.00760. The second kappa shape index (κ2) is 26.3. The number of nitro benzene ring substituents is 1. The number of aryl methyl sites for hydroxylation is 2. The Morgan fingerprint density at radius 2 is 1.68 bits per heavy atom. The number of phosphoric ester groups is 1. The van der Waals surface area contributed by atoms with Crippen LogP contribution in [0.5, 0.6) is 17.2 Å². The molecule has 2 aromatic heterocycles. The zero-order valence-electron chi connectivity index (χ0n) is 49.9. The molecule has 0 spiro atoms. The molecule has 1 saturated heterocycles. The number of benzene rings is 4. The molecule has 484 valence electrons. The van der Waals surface area contributed by atoms with Gasteiger partial charge in [-0.2, -0.15) is 8.62 Å². The van der Waals surface area contributed by atoms with Gasteiger partial charge in [0, 0.05) is 107 Å². The molecular weight excluding hydrogens is 1260 g/mol. The van der Waals surface area contributed by atoms with Gasteiger partial charge in [0.05, 0.1) is 41.6 Å². The van der Waals surface area contributed by atoms with Gasteiger partial charge in [0.2, 0.25) is 11.3 Å². The van der Waals surface area contributed by atoms with Crippen LogP contribution in [0, 0.1) is 22.0 Å². The number of nitrogens with one attached hydrogen (secondary N) is 2. The van der Waals surface area contributed by atoms with E-state index in [1.807, 2.05) is 6.07 Å². The van der Waals surface area contributed by atoms with Gasteiger partial charge in [0.25, 0.3) is 11.6 Å². The van der Waals surface area contributed by atoms with E-state index in [0.717, 1.165) is 112 Å². The summed E-state index contributed by atoms with van der Waals surface area (Å²) in [4.78, 5) is 99.6. The number of hydrogen-bond acceptors (Lipinski definition) is 19. The van der Waals surface area contributed by atoms with E-state index < -0.39 is 59.5 Å². The number of aliphatic hydroxyl groups is 1. The number of aldehydes is 1. The van der Waals surface area contributed by atoms with Crippen molar-refractivity contribution >= 4 is 75.5 Å². The molecule has 92 heavy (non-hydrogen) atoms. The number of hydrogen-bond donors (Lipinski definition) is 8. The van der Waals surface area contributed by atoms with Crippen LogP contribution in [0.25, 0.3) is 16.7 Å². The summed E-state index contributed by atoms with van der Waals surface area (Å²) in [5.74, 6) is 6.93. The van der Waals surface area contributed by atoms with Gasteiger partial charge in [-0.25, -0.2) is 28.2 Å². The lowest BCUT2D eigenvalue weighted by Gasteiger charge is -2.39. The molecule has 4 aromatic carbocycles. The molecule has 6 atom stereocenters. The average Bonchev–Trinajstić information content (AvgIpc) is 0.836. The predicted molar refractivity (Wildman–Crippen MR) is 331 cm³/mol. The van der Waals surface area contributed by atoms with E-state index in [0.29, 0.717) is 48.1 Å². The summed E-state index contributed by atoms with van der Waals surface area (Å²) < 4.78 is 70.1. The minimum Gasteiger partial charge on any atom is -0.483 e. The fourth-order valence-corrected chi connectivity index (χ4v) is 16.3. The minimum atomic E-state index is -5.79. The molecule has 1 fully saturated rings. The maximum absolute atomic E-state index is 14.0. The number of aromatic nitrogens is 3. The van der Waals surface area contributed by atoms with Crippen molar-refractivity contribution in [2.45, 2.75) is 115 Å². The molecule has 6 aliphatic rings. The van der Waals surface area contributed by atoms with Crippen LogP contribution in [0.3, 0.4) is 0 Å². The van der Waals surface area contributed by atoms with Crippen LogP contribution in [0.1, 0.15) is 142 Å². The smallest absolute Gasteiger partial charge is 0.483 e. The van der Waals surface area contributed by atoms with Gasteiger partial charge in [-0.15, -0.1) is 0 Å². The zero-order valence-corrected chi connectivity index (χ0v) is 52.5. The Hall–Kier alpha value is -7.73. The molecule has 8 heterocycles. The molecule has 12 rings (SSSR count). The minimum absolute atomic E-state index is 0.0260. The van der Waals surface area contributed by atoms with Crippen molar-refractivity contribution in [2.24, 2.45) is 0 Å². The van der Waals surface area contributed by atoms with Gasteiger partial charge in [-0.3, -0.25) is 33.6 Å². The Kier molecular flexibility index (Phi) is 18.4. The lowest BCUT2D eigenvalue weighted by atomic mass is 9.81. The molecule has 31 heteroatoms. The molecule has 28 nitrogen and oxygen atoms in total. The summed E-state index contributed by atoms with van der Waals surface area (Å²) in [6.07, 6.45) is 7.16. The molecular formula is C61H67N9O19P3+. The third kappa shape index (κ3) is 13.7. The van der Waals surface area contributed by atoms with E-state index in [-0.39, 0.29) is 65.2 Å². The molecule has 0 radical (unpaired) electrons. The normalized spacial score (nSPS) is 19.6. The zero-order chi connectivity index (χ0) is 64.8. The van der Waals surface area contributed by atoms with Crippen molar-refractivity contribution < 1.29 is 85.0 Å². The number of nitrogens with two attached hydrogens (primary N) is 1. The van der Waals surface area contributed by atoms with Crippen molar-refractivity contribution in [3.63, 3.8) is 0 Å². The van der Waals surface area contributed by atoms with Crippen LogP contribution >= 0.6 is 23.5 Å². The highest BCUT2D eigenvalue weighted by Crippen LogP contribution is 2.66. The fraction of sp³-hybridized carbons (Fsp3) is 0.410. The molecule has 0 saturated carbocycles. The van der Waals surface area contributed by atoms with E-state index >= 15 is 0 Å². The van der Waals surface area contributed by atoms with E-state index in [1.54, 1.807) is 25.1 Å². The highest BCUT2D eigenvalue weighted by Gasteiger charge is 2.44. The van der Waals surface area contributed by atoms with Gasteiger partial charge in [0.1, 0.15) is 54.4 Å². The Labute approximate surface area is 526 Å². The highest BCUT2D eigenvalue weighted by molar-refractivity contribution is 7.66. The number of carbonyl (C=O) groups excluding carboxylic acids is 3. The van der Waals surface area contributed by atoms with Gasteiger partial charge in [0.15, 0.2) is 17.7 Å². The van der Waals surface area contributed by atoms with Crippen LogP contribution in [0.4, 0.5) is 17.2 Å². The third-order valence-electron chi connectivity index (χ3n) is 17.2. The molecule has 2 amide bonds. The number of aliphatic hydroxyl groups excluding tert-OH is 1. The van der Waals surface area contributed by atoms with E-state index in [9.17, 15) is 53.1 Å². The molecule has 9 N–H and O–H groups in total. The molecule has 0 aliphatic carbocycles. The summed E-state index contributed by atoms with van der Waals surface area (Å²) in [5.41, 5.74) is 16.4. The predicted octanol–water partition coefficient (Wildman–Crippen LogP) is 5.76. The van der Waals surface area contributed by atoms with Gasteiger partial charge in [-0.1, -0.05) is 24.3 Å². The third-order valence-corrected chi connectivity index (χ3v) is 21.0. The van der Waals surface area contributed by atoms with Crippen LogP contribution in [-0.4, -0.2) is 120 Å². The summed E-state index contributed by atoms with van der Waals surface area (Å²) in [5, 5.41) is 31.2. The summed E-state index contributed by atoms with van der Waals surface area (Å²) in [6.45, 7) is 5.08. The van der Waals surface area contributed by atoms with E-state index in [4.69, 9.17) is 29.7 Å². The number of phosphoric acid groups is 3. The number of anilines is 2. The molecule has 0 bridgehead atoms. The standard InChI is InChI=1S/C61H66N9O19P3/c1-35(85-49-31-51(62)66-60-55(49)65-34-69(60)53-30-48(72)50(86-53)33-84-91(80,81)89-92(82,83)88-90(77,78)79)41-19-16-36(26-47(41)70(75)76)10-5-21-63-52(73)15-3-2-4-20-64-61(74)39-17-18-40(32-71)44(29-39)54-45-27-37-11-6-22-67-24-8-13-42(56(37)67)58(45)87-59-43-14-9-25-68-23-7-12-38(57(43)68)28-46(54)59/h16-19,26-29,31-32,34-35,48,50,53,72H,2-4,6-9,11-15,20-25,30,33H2,1H3,(H7-,62,63,64,66,73,74,77,78,79,80,81,82,83)/p+1/t35-,48+,50+,53+/m0/s1. The first kappa shape index (κ1) is 64.4. The number of carbonyl (C=O) groups is 3. The summed E-state index contributed by atoms with van der Waals surface area (Å²) in [7, 11) is -16.9. The number of imidazole rings is 1. The number of ether oxygens (including phenoxy) is 3. The highest BCUT2D eigenvalue weighted by atomic mass is 31.3. The number of unbranched alkanes of at least 4 members (excludes halogenated alkanes) is 2. The van der Waals surface area contributed by atoms with Gasteiger partial charge < -0.3 is 60.2 Å². The Bertz CT molecular complexity index is 4370. The molecule has 6 aliphatic heterocycles. The van der Waals surface area contributed by atoms with Gasteiger partial charge >= 0.3 is 23.5 Å². The Morgan fingerprint density at radius 3 is 2.47 bits per heavy atom. The SMILES string of the molecule is C[C@H](Oc1cc(N)nc2c1ncn2[C@H]1C[C@@H](O)[C@@H](COP(=O)(O)OP(=O)(O)OP(=O)(O)O)O1)c1ccc(C#CCNC(=O)CCCCCNC(=O)c2ccc(C=O)c(C3=c4cc5c6c(c4Oc4c3cc3c7c4CCCN7CCC3)CCC[N+]=6CCC5)c2)cc1[N+](=O)[O-]. The van der Waals surface area contributed by atoms with E-state index in [2.05, 4.69) is 67.2 Å². The Balaban J connectivity index is 0.639. The maximum atomic E-state index is 14.0.